The zero-order chi connectivity index (χ0) is 11.6. The summed E-state index contributed by atoms with van der Waals surface area (Å²) in [6.07, 6.45) is 5.96. The highest BCUT2D eigenvalue weighted by Gasteiger charge is 2.52. The van der Waals surface area contributed by atoms with E-state index in [2.05, 4.69) is 4.90 Å². The first-order chi connectivity index (χ1) is 7.70. The van der Waals surface area contributed by atoms with Gasteiger partial charge in [0.15, 0.2) is 5.79 Å². The van der Waals surface area contributed by atoms with E-state index in [4.69, 9.17) is 9.47 Å². The molecule has 0 spiro atoms. The Bertz CT molecular complexity index is 226. The molecule has 16 heavy (non-hydrogen) atoms. The number of aliphatic hydroxyl groups excluding tert-OH is 1. The average molecular weight is 229 g/mol. The first kappa shape index (κ1) is 12.3. The van der Waals surface area contributed by atoms with Crippen LogP contribution in [0.4, 0.5) is 0 Å². The van der Waals surface area contributed by atoms with Crippen molar-refractivity contribution < 1.29 is 14.6 Å². The van der Waals surface area contributed by atoms with E-state index in [0.29, 0.717) is 0 Å². The molecule has 4 heteroatoms. The van der Waals surface area contributed by atoms with Crippen LogP contribution in [0.5, 0.6) is 0 Å². The van der Waals surface area contributed by atoms with Gasteiger partial charge in [0.25, 0.3) is 0 Å². The van der Waals surface area contributed by atoms with E-state index in [9.17, 15) is 5.11 Å². The second-order valence-corrected chi connectivity index (χ2v) is 5.12. The largest absolute Gasteiger partial charge is 0.394 e. The van der Waals surface area contributed by atoms with Crippen molar-refractivity contribution in [2.75, 3.05) is 33.9 Å². The number of hydrogen-bond acceptors (Lipinski definition) is 4. The molecular weight excluding hydrogens is 206 g/mol. The third kappa shape index (κ3) is 1.88. The Morgan fingerprint density at radius 2 is 1.62 bits per heavy atom. The summed E-state index contributed by atoms with van der Waals surface area (Å²) < 4.78 is 10.8. The second-order valence-electron chi connectivity index (χ2n) is 5.12. The Balaban J connectivity index is 1.98. The summed E-state index contributed by atoms with van der Waals surface area (Å²) in [4.78, 5) is 2.33. The lowest BCUT2D eigenvalue weighted by Crippen LogP contribution is -2.71. The maximum atomic E-state index is 9.67. The van der Waals surface area contributed by atoms with Crippen LogP contribution in [-0.2, 0) is 9.47 Å². The molecule has 1 N–H and O–H groups in total. The number of methoxy groups -OCH3 is 2. The lowest BCUT2D eigenvalue weighted by Gasteiger charge is -2.57. The van der Waals surface area contributed by atoms with Crippen molar-refractivity contribution in [2.45, 2.75) is 43.4 Å². The zero-order valence-electron chi connectivity index (χ0n) is 10.4. The summed E-state index contributed by atoms with van der Waals surface area (Å²) in [5, 5.41) is 9.67. The second kappa shape index (κ2) is 4.61. The smallest absolute Gasteiger partial charge is 0.193 e. The van der Waals surface area contributed by atoms with Crippen LogP contribution in [0.2, 0.25) is 0 Å². The van der Waals surface area contributed by atoms with Crippen LogP contribution in [0.15, 0.2) is 0 Å². The van der Waals surface area contributed by atoms with E-state index >= 15 is 0 Å². The first-order valence-corrected chi connectivity index (χ1v) is 6.16. The third-order valence-electron chi connectivity index (χ3n) is 4.36. The van der Waals surface area contributed by atoms with E-state index in [1.54, 1.807) is 14.2 Å². The van der Waals surface area contributed by atoms with Gasteiger partial charge >= 0.3 is 0 Å². The van der Waals surface area contributed by atoms with Gasteiger partial charge in [0.1, 0.15) is 0 Å². The van der Waals surface area contributed by atoms with E-state index in [0.717, 1.165) is 25.9 Å². The molecule has 0 amide bonds. The zero-order valence-corrected chi connectivity index (χ0v) is 10.4. The molecule has 0 aromatic heterocycles. The Kier molecular flexibility index (Phi) is 3.54. The summed E-state index contributed by atoms with van der Waals surface area (Å²) in [5.41, 5.74) is -0.00118. The SMILES string of the molecule is COC1(OC)CN(C2(CO)CCCCC2)C1. The molecule has 94 valence electrons. The maximum Gasteiger partial charge on any atom is 0.193 e. The number of aliphatic hydroxyl groups is 1. The predicted molar refractivity (Wildman–Crippen MR) is 61.2 cm³/mol. The fraction of sp³-hybridized carbons (Fsp3) is 1.00. The minimum atomic E-state index is -0.431. The normalized spacial score (nSPS) is 28.7. The highest BCUT2D eigenvalue weighted by molar-refractivity contribution is 5.02. The number of ether oxygens (including phenoxy) is 2. The lowest BCUT2D eigenvalue weighted by molar-refractivity contribution is -0.297. The molecule has 0 aromatic carbocycles. The van der Waals surface area contributed by atoms with Crippen molar-refractivity contribution >= 4 is 0 Å². The first-order valence-electron chi connectivity index (χ1n) is 6.16. The van der Waals surface area contributed by atoms with Crippen LogP contribution in [0, 0.1) is 0 Å². The van der Waals surface area contributed by atoms with Crippen LogP contribution >= 0.6 is 0 Å². The Labute approximate surface area is 97.5 Å². The monoisotopic (exact) mass is 229 g/mol. The quantitative estimate of drug-likeness (QED) is 0.730. The number of rotatable bonds is 4. The van der Waals surface area contributed by atoms with Gasteiger partial charge in [-0.15, -0.1) is 0 Å². The van der Waals surface area contributed by atoms with Gasteiger partial charge in [0.2, 0.25) is 0 Å². The molecule has 1 saturated heterocycles. The summed E-state index contributed by atoms with van der Waals surface area (Å²) in [5.74, 6) is -0.431. The molecule has 1 aliphatic carbocycles. The van der Waals surface area contributed by atoms with Crippen LogP contribution in [0.25, 0.3) is 0 Å². The van der Waals surface area contributed by atoms with Gasteiger partial charge in [0, 0.05) is 19.8 Å². The summed E-state index contributed by atoms with van der Waals surface area (Å²) in [6, 6.07) is 0. The minimum Gasteiger partial charge on any atom is -0.394 e. The van der Waals surface area contributed by atoms with Crippen LogP contribution < -0.4 is 0 Å². The third-order valence-corrected chi connectivity index (χ3v) is 4.36. The standard InChI is InChI=1S/C12H23NO3/c1-15-12(16-2)8-13(9-12)11(10-14)6-4-3-5-7-11/h14H,3-10H2,1-2H3. The van der Waals surface area contributed by atoms with Crippen molar-refractivity contribution in [3.8, 4) is 0 Å². The number of nitrogens with zero attached hydrogens (tertiary/aromatic N) is 1. The molecule has 0 atom stereocenters. The molecule has 2 fully saturated rings. The lowest BCUT2D eigenvalue weighted by atomic mass is 9.78. The van der Waals surface area contributed by atoms with Crippen molar-refractivity contribution in [2.24, 2.45) is 0 Å². The Morgan fingerprint density at radius 1 is 1.06 bits per heavy atom. The fourth-order valence-electron chi connectivity index (χ4n) is 3.00. The predicted octanol–water partition coefficient (Wildman–Crippen LogP) is 0.986. The van der Waals surface area contributed by atoms with E-state index < -0.39 is 5.79 Å². The summed E-state index contributed by atoms with van der Waals surface area (Å²) in [7, 11) is 3.38. The fourth-order valence-corrected chi connectivity index (χ4v) is 3.00. The van der Waals surface area contributed by atoms with Crippen molar-refractivity contribution in [1.29, 1.82) is 0 Å². The molecule has 4 nitrogen and oxygen atoms in total. The van der Waals surface area contributed by atoms with Crippen LogP contribution in [-0.4, -0.2) is 55.2 Å². The van der Waals surface area contributed by atoms with Crippen LogP contribution in [0.3, 0.4) is 0 Å². The Hall–Kier alpha value is -0.160. The highest BCUT2D eigenvalue weighted by atomic mass is 16.7. The molecule has 1 aliphatic heterocycles. The molecule has 0 radical (unpaired) electrons. The molecular formula is C12H23NO3. The average Bonchev–Trinajstić information content (AvgIpc) is 2.30. The molecule has 0 bridgehead atoms. The summed E-state index contributed by atoms with van der Waals surface area (Å²) >= 11 is 0. The van der Waals surface area contributed by atoms with E-state index in [1.165, 1.54) is 19.3 Å². The van der Waals surface area contributed by atoms with Gasteiger partial charge in [-0.05, 0) is 12.8 Å². The van der Waals surface area contributed by atoms with Gasteiger partial charge in [-0.25, -0.2) is 0 Å². The number of likely N-dealkylation sites (tertiary alicyclic amines) is 1. The highest BCUT2D eigenvalue weighted by Crippen LogP contribution is 2.40. The van der Waals surface area contributed by atoms with Gasteiger partial charge in [0.05, 0.1) is 19.7 Å². The Morgan fingerprint density at radius 3 is 2.06 bits per heavy atom. The van der Waals surface area contributed by atoms with Gasteiger partial charge in [-0.3, -0.25) is 4.90 Å². The van der Waals surface area contributed by atoms with E-state index in [-0.39, 0.29) is 12.1 Å². The maximum absolute atomic E-state index is 9.67. The minimum absolute atomic E-state index is 0.00118. The molecule has 0 unspecified atom stereocenters. The number of hydrogen-bond donors (Lipinski definition) is 1. The van der Waals surface area contributed by atoms with Gasteiger partial charge < -0.3 is 14.6 Å². The van der Waals surface area contributed by atoms with E-state index in [1.807, 2.05) is 0 Å². The molecule has 2 rings (SSSR count). The molecule has 1 heterocycles. The van der Waals surface area contributed by atoms with Crippen LogP contribution in [0.1, 0.15) is 32.1 Å². The molecule has 2 aliphatic rings. The van der Waals surface area contributed by atoms with Crippen molar-refractivity contribution in [3.05, 3.63) is 0 Å². The summed E-state index contributed by atoms with van der Waals surface area (Å²) in [6.45, 7) is 1.82. The molecule has 0 aromatic rings. The van der Waals surface area contributed by atoms with Gasteiger partial charge in [-0.1, -0.05) is 19.3 Å². The topological polar surface area (TPSA) is 41.9 Å². The van der Waals surface area contributed by atoms with Gasteiger partial charge in [-0.2, -0.15) is 0 Å². The van der Waals surface area contributed by atoms with Crippen molar-refractivity contribution in [1.82, 2.24) is 4.90 Å². The van der Waals surface area contributed by atoms with Crippen molar-refractivity contribution in [3.63, 3.8) is 0 Å². The molecule has 1 saturated carbocycles.